The van der Waals surface area contributed by atoms with Crippen molar-refractivity contribution in [1.29, 1.82) is 0 Å². The number of nitrogens with zero attached hydrogens (tertiary/aromatic N) is 6. The number of aliphatic imine (C=N–C) groups is 3. The first-order valence-electron chi connectivity index (χ1n) is 37.1. The summed E-state index contributed by atoms with van der Waals surface area (Å²) >= 11 is 1.42. The number of likely N-dealkylation sites (tertiary alicyclic amines) is 3. The summed E-state index contributed by atoms with van der Waals surface area (Å²) in [5, 5.41) is 47.0. The highest BCUT2D eigenvalue weighted by atomic mass is 32.2. The third-order valence-electron chi connectivity index (χ3n) is 18.9. The highest BCUT2D eigenvalue weighted by Crippen LogP contribution is 2.25. The van der Waals surface area contributed by atoms with E-state index in [1.54, 1.807) is 44.2 Å². The monoisotopic (exact) mass is 1550 g/mol. The van der Waals surface area contributed by atoms with E-state index >= 15 is 0 Å². The maximum Gasteiger partial charge on any atom is 0.326 e. The number of unbranched alkanes of at least 4 members (excludes halogenated alkanes) is 1. The molecular formula is C69H113N23O16S. The first-order chi connectivity index (χ1) is 52.0. The van der Waals surface area contributed by atoms with Crippen LogP contribution in [0.1, 0.15) is 141 Å². The molecule has 39 nitrogen and oxygen atoms in total. The Labute approximate surface area is 637 Å². The third-order valence-corrected chi connectivity index (χ3v) is 19.5. The van der Waals surface area contributed by atoms with Gasteiger partial charge in [0.05, 0.1) is 13.2 Å². The highest BCUT2D eigenvalue weighted by molar-refractivity contribution is 7.98. The molecule has 4 heterocycles. The maximum absolute atomic E-state index is 14.5. The van der Waals surface area contributed by atoms with E-state index in [-0.39, 0.29) is 172 Å². The van der Waals surface area contributed by atoms with Gasteiger partial charge >= 0.3 is 5.97 Å². The number of benzene rings is 1. The molecule has 0 radical (unpaired) electrons. The smallest absolute Gasteiger partial charge is 0.326 e. The van der Waals surface area contributed by atoms with Crippen LogP contribution in [-0.4, -0.2) is 269 Å². The third kappa shape index (κ3) is 29.8. The number of guanidine groups is 3. The number of carbonyl (C=O) groups excluding carboxylic acids is 13. The number of nitrogens with one attached hydrogen (secondary N) is 10. The Balaban J connectivity index is 1.27. The molecule has 1 aromatic carbocycles. The largest absolute Gasteiger partial charge is 0.480 e. The van der Waals surface area contributed by atoms with Crippen LogP contribution in [0.2, 0.25) is 0 Å². The maximum atomic E-state index is 14.5. The Kier molecular flexibility index (Phi) is 38.0. The quantitative estimate of drug-likeness (QED) is 0.0164. The fraction of sp³-hybridized carbons (Fsp3) is 0.667. The van der Waals surface area contributed by atoms with Crippen LogP contribution in [-0.2, 0) is 73.5 Å². The minimum absolute atomic E-state index is 0.00626. The summed E-state index contributed by atoms with van der Waals surface area (Å²) in [4.78, 5) is 210. The van der Waals surface area contributed by atoms with Crippen molar-refractivity contribution in [3.8, 4) is 0 Å². The van der Waals surface area contributed by atoms with Crippen molar-refractivity contribution < 1.29 is 77.3 Å². The lowest BCUT2D eigenvalue weighted by molar-refractivity contribution is -0.145. The average molecular weight is 1550 g/mol. The molecular weight excluding hydrogens is 1440 g/mol. The van der Waals surface area contributed by atoms with Gasteiger partial charge in [0.2, 0.25) is 76.8 Å². The summed E-state index contributed by atoms with van der Waals surface area (Å²) in [6.07, 6.45) is 4.94. The first kappa shape index (κ1) is 89.5. The van der Waals surface area contributed by atoms with Crippen molar-refractivity contribution in [3.63, 3.8) is 0 Å². The molecule has 5 rings (SSSR count). The number of hydrogen-bond acceptors (Lipinski definition) is 20. The fourth-order valence-corrected chi connectivity index (χ4v) is 13.7. The normalized spacial score (nSPS) is 18.8. The number of aliphatic hydroxyl groups is 1. The molecule has 12 atom stereocenters. The molecule has 26 N–H and O–H groups in total. The van der Waals surface area contributed by atoms with Gasteiger partial charge in [-0.25, -0.2) is 4.79 Å². The van der Waals surface area contributed by atoms with Gasteiger partial charge in [0.25, 0.3) is 0 Å². The van der Waals surface area contributed by atoms with Crippen LogP contribution in [0, 0.1) is 5.92 Å². The van der Waals surface area contributed by atoms with Gasteiger partial charge in [-0.05, 0) is 146 Å². The zero-order chi connectivity index (χ0) is 80.3. The first-order valence-corrected chi connectivity index (χ1v) is 38.5. The molecule has 606 valence electrons. The number of nitrogens with two attached hydrogens (primary N) is 7. The van der Waals surface area contributed by atoms with Gasteiger partial charge in [-0.15, -0.1) is 0 Å². The number of rotatable bonds is 46. The van der Waals surface area contributed by atoms with E-state index in [1.165, 1.54) is 26.5 Å². The Morgan fingerprint density at radius 3 is 1.42 bits per heavy atom. The number of carbonyl (C=O) groups is 14. The van der Waals surface area contributed by atoms with Crippen molar-refractivity contribution in [1.82, 2.24) is 67.9 Å². The number of aliphatic hydroxyl groups excluding tert-OH is 1. The molecule has 0 saturated carbocycles. The minimum atomic E-state index is -1.78. The molecule has 4 saturated heterocycles. The van der Waals surface area contributed by atoms with E-state index in [2.05, 4.69) is 68.1 Å². The predicted molar refractivity (Wildman–Crippen MR) is 404 cm³/mol. The topological polar surface area (TPSA) is 629 Å². The average Bonchev–Trinajstić information content (AvgIpc) is 1.73. The van der Waals surface area contributed by atoms with Crippen LogP contribution in [0.5, 0.6) is 0 Å². The SMILES string of the molecule is CSCC[C@H](NC(=O)[C@@H]1CCCN1C(=O)CNC(=O)[C@H](CCCCN)NC(=O)[C@H](CCCN=C(N)N)NC(=O)[C@H](CO)NC(=O)[C@H](CC(C)C)NC(=O)[C@H](CCCN=C(N)N)NC(=O)[C@@H]1CCCN1C(=O)[C@H](CCCN=C(N)N)NC(=O)[C@@H]1CCC(=O)N1)C(=O)N1CCC[C@H]1C(=O)N[C@@H](Cc1ccccc1)C(=O)O. The van der Waals surface area contributed by atoms with Crippen molar-refractivity contribution >= 4 is 112 Å². The van der Waals surface area contributed by atoms with Gasteiger partial charge in [0.1, 0.15) is 72.5 Å². The van der Waals surface area contributed by atoms with Crippen LogP contribution in [0.25, 0.3) is 0 Å². The second-order valence-corrected chi connectivity index (χ2v) is 28.7. The minimum Gasteiger partial charge on any atom is -0.480 e. The van der Waals surface area contributed by atoms with Crippen LogP contribution < -0.4 is 93.3 Å². The summed E-state index contributed by atoms with van der Waals surface area (Å²) in [7, 11) is 0. The molecule has 4 fully saturated rings. The summed E-state index contributed by atoms with van der Waals surface area (Å²) in [5.74, 6) is -11.3. The second-order valence-electron chi connectivity index (χ2n) is 27.7. The van der Waals surface area contributed by atoms with Gasteiger partial charge in [-0.3, -0.25) is 77.3 Å². The molecule has 4 aliphatic rings. The lowest BCUT2D eigenvalue weighted by Crippen LogP contribution is -2.60. The van der Waals surface area contributed by atoms with Crippen LogP contribution in [0.15, 0.2) is 45.3 Å². The predicted octanol–water partition coefficient (Wildman–Crippen LogP) is -6.36. The molecule has 0 spiro atoms. The lowest BCUT2D eigenvalue weighted by atomic mass is 10.0. The number of carboxylic acids is 1. The number of hydrogen-bond donors (Lipinski definition) is 19. The van der Waals surface area contributed by atoms with E-state index in [0.717, 1.165) is 0 Å². The van der Waals surface area contributed by atoms with E-state index in [1.807, 2.05) is 6.26 Å². The lowest BCUT2D eigenvalue weighted by Gasteiger charge is -2.31. The zero-order valence-corrected chi connectivity index (χ0v) is 63.2. The van der Waals surface area contributed by atoms with Gasteiger partial charge in [-0.1, -0.05) is 44.2 Å². The van der Waals surface area contributed by atoms with E-state index in [9.17, 15) is 77.3 Å². The van der Waals surface area contributed by atoms with E-state index < -0.39 is 163 Å². The molecule has 13 amide bonds. The van der Waals surface area contributed by atoms with Crippen molar-refractivity contribution in [2.45, 2.75) is 215 Å². The summed E-state index contributed by atoms with van der Waals surface area (Å²) in [6, 6.07) is -6.38. The number of thioether (sulfide) groups is 1. The molecule has 1 aromatic rings. The zero-order valence-electron chi connectivity index (χ0n) is 62.3. The Morgan fingerprint density at radius 2 is 0.945 bits per heavy atom. The van der Waals surface area contributed by atoms with Gasteiger partial charge in [-0.2, -0.15) is 11.8 Å². The van der Waals surface area contributed by atoms with Crippen molar-refractivity contribution in [3.05, 3.63) is 35.9 Å². The summed E-state index contributed by atoms with van der Waals surface area (Å²) in [5.41, 5.74) is 39.8. The second kappa shape index (κ2) is 46.3. The molecule has 4 aliphatic heterocycles. The number of amides is 13. The van der Waals surface area contributed by atoms with Gasteiger partial charge < -0.3 is 118 Å². The molecule has 40 heteroatoms. The molecule has 0 unspecified atom stereocenters. The van der Waals surface area contributed by atoms with Crippen LogP contribution >= 0.6 is 11.8 Å². The van der Waals surface area contributed by atoms with E-state index in [4.69, 9.17) is 40.1 Å². The summed E-state index contributed by atoms with van der Waals surface area (Å²) in [6.45, 7) is 2.48. The van der Waals surface area contributed by atoms with Crippen molar-refractivity contribution in [2.75, 3.05) is 71.0 Å². The number of aliphatic carboxylic acids is 1. The molecule has 109 heavy (non-hydrogen) atoms. The van der Waals surface area contributed by atoms with Gasteiger partial charge in [0, 0.05) is 52.1 Å². The van der Waals surface area contributed by atoms with E-state index in [0.29, 0.717) is 43.4 Å². The summed E-state index contributed by atoms with van der Waals surface area (Å²) < 4.78 is 0. The van der Waals surface area contributed by atoms with Crippen LogP contribution in [0.3, 0.4) is 0 Å². The highest BCUT2D eigenvalue weighted by Gasteiger charge is 2.44. The van der Waals surface area contributed by atoms with Gasteiger partial charge in [0.15, 0.2) is 17.9 Å². The Morgan fingerprint density at radius 1 is 0.523 bits per heavy atom. The fourth-order valence-electron chi connectivity index (χ4n) is 13.2. The Bertz CT molecular complexity index is 3380. The Hall–Kier alpha value is -10.1. The van der Waals surface area contributed by atoms with Crippen molar-refractivity contribution in [2.24, 2.45) is 61.0 Å². The number of carboxylic acid groups (broad SMARTS) is 1. The molecule has 0 bridgehead atoms. The van der Waals surface area contributed by atoms with Crippen LogP contribution in [0.4, 0.5) is 0 Å². The standard InChI is InChI=1S/C69H113N23O16S/c1-39(2)35-47(87-57(98)43(19-10-29-78-68(73)74)84-62(103)51-22-13-32-91(51)64(105)45(20-11-30-79-69(75)76)85-58(99)44-24-25-53(94)81-44)59(100)89-49(38-93)60(101)83-42(18-9-28-77-67(71)72)56(97)82-41(17-7-8-27-70)55(96)80-37-54(95)90-31-12-21-50(90)61(102)86-46(26-34-109-3)65(106)92-33-14-23-52(92)63(104)88-48(66(107)108)36-40-15-5-4-6-16-40/h4-6,15-16,39,41-52,93H,7-14,17-38,70H2,1-3H3,(H,80,96)(H,81,94)(H,82,97)(H,83,101)(H,84,103)(H,85,99)(H,86,102)(H,87,98)(H,88,104)(H,89,100)(H,107,108)(H4,71,72,77)(H4,73,74,78)(H4,75,76,79)/t41-,42-,43-,44-,45-,46-,47-,48-,49-,50-,51-,52-/m0/s1. The molecule has 0 aliphatic carbocycles. The molecule has 0 aromatic heterocycles.